The molecule has 0 spiro atoms. The molecule has 1 aromatic carbocycles. The van der Waals surface area contributed by atoms with Crippen LogP contribution < -0.4 is 5.32 Å². The van der Waals surface area contributed by atoms with Crippen molar-refractivity contribution in [3.63, 3.8) is 0 Å². The standard InChI is InChI=1S/C11H6N6O4S/c12-6-22-10-9(17(20)21)5-13-11(15-10)14-7-1-3-8(4-2-7)16(18)19/h1-5H,(H,13,14,15). The maximum atomic E-state index is 10.8. The molecular weight excluding hydrogens is 312 g/mol. The third-order valence-electron chi connectivity index (χ3n) is 2.41. The summed E-state index contributed by atoms with van der Waals surface area (Å²) >= 11 is 0.545. The normalized spacial score (nSPS) is 9.77. The van der Waals surface area contributed by atoms with Crippen molar-refractivity contribution in [1.29, 1.82) is 5.26 Å². The van der Waals surface area contributed by atoms with Crippen molar-refractivity contribution in [3.05, 3.63) is 50.7 Å². The van der Waals surface area contributed by atoms with Gasteiger partial charge in [0.15, 0.2) is 5.03 Å². The minimum Gasteiger partial charge on any atom is -0.324 e. The number of thioether (sulfide) groups is 1. The number of nitro benzene ring substituents is 1. The van der Waals surface area contributed by atoms with Gasteiger partial charge in [-0.3, -0.25) is 20.2 Å². The van der Waals surface area contributed by atoms with Crippen molar-refractivity contribution in [3.8, 4) is 5.40 Å². The first-order valence-electron chi connectivity index (χ1n) is 5.60. The molecule has 2 aromatic rings. The molecule has 0 saturated heterocycles. The molecule has 110 valence electrons. The summed E-state index contributed by atoms with van der Waals surface area (Å²) in [4.78, 5) is 27.8. The van der Waals surface area contributed by atoms with Gasteiger partial charge in [-0.15, -0.1) is 0 Å². The van der Waals surface area contributed by atoms with E-state index >= 15 is 0 Å². The number of non-ortho nitro benzene ring substituents is 1. The van der Waals surface area contributed by atoms with Crippen LogP contribution in [0.15, 0.2) is 35.5 Å². The number of hydrogen-bond acceptors (Lipinski definition) is 9. The smallest absolute Gasteiger partial charge is 0.320 e. The highest BCUT2D eigenvalue weighted by atomic mass is 32.2. The molecule has 0 aliphatic heterocycles. The maximum absolute atomic E-state index is 10.8. The van der Waals surface area contributed by atoms with Crippen molar-refractivity contribution in [2.24, 2.45) is 0 Å². The summed E-state index contributed by atoms with van der Waals surface area (Å²) in [6.07, 6.45) is 0.987. The summed E-state index contributed by atoms with van der Waals surface area (Å²) < 4.78 is 0. The fourth-order valence-corrected chi connectivity index (χ4v) is 1.91. The van der Waals surface area contributed by atoms with Crippen LogP contribution >= 0.6 is 11.8 Å². The second-order valence-corrected chi connectivity index (χ2v) is 4.54. The number of hydrogen-bond donors (Lipinski definition) is 1. The van der Waals surface area contributed by atoms with Crippen molar-refractivity contribution in [2.45, 2.75) is 5.03 Å². The van der Waals surface area contributed by atoms with E-state index in [0.717, 1.165) is 6.20 Å². The van der Waals surface area contributed by atoms with Crippen LogP contribution in [0.1, 0.15) is 0 Å². The zero-order valence-corrected chi connectivity index (χ0v) is 11.5. The number of anilines is 2. The van der Waals surface area contributed by atoms with Crippen molar-refractivity contribution in [1.82, 2.24) is 9.97 Å². The van der Waals surface area contributed by atoms with Gasteiger partial charge in [-0.05, 0) is 12.1 Å². The Morgan fingerprint density at radius 3 is 2.41 bits per heavy atom. The van der Waals surface area contributed by atoms with E-state index in [1.54, 1.807) is 5.40 Å². The third-order valence-corrected chi connectivity index (χ3v) is 2.99. The number of nitrogens with zero attached hydrogens (tertiary/aromatic N) is 5. The van der Waals surface area contributed by atoms with Crippen LogP contribution in [0.4, 0.5) is 23.0 Å². The molecule has 0 amide bonds. The SMILES string of the molecule is N#CSc1nc(Nc2ccc([N+](=O)[O-])cc2)ncc1[N+](=O)[O-]. The van der Waals surface area contributed by atoms with Gasteiger partial charge in [-0.2, -0.15) is 10.2 Å². The van der Waals surface area contributed by atoms with Crippen molar-refractivity contribution >= 4 is 34.8 Å². The highest BCUT2D eigenvalue weighted by Gasteiger charge is 2.18. The van der Waals surface area contributed by atoms with E-state index in [4.69, 9.17) is 5.26 Å². The number of benzene rings is 1. The summed E-state index contributed by atoms with van der Waals surface area (Å²) in [7, 11) is 0. The molecule has 1 aromatic heterocycles. The quantitative estimate of drug-likeness (QED) is 0.288. The topological polar surface area (TPSA) is 148 Å². The van der Waals surface area contributed by atoms with Gasteiger partial charge in [-0.1, -0.05) is 0 Å². The van der Waals surface area contributed by atoms with Gasteiger partial charge in [0.05, 0.1) is 9.85 Å². The van der Waals surface area contributed by atoms with Crippen molar-refractivity contribution < 1.29 is 9.85 Å². The highest BCUT2D eigenvalue weighted by molar-refractivity contribution is 8.03. The average molecular weight is 318 g/mol. The molecule has 0 bridgehead atoms. The van der Waals surface area contributed by atoms with E-state index in [9.17, 15) is 20.2 Å². The Kier molecular flexibility index (Phi) is 4.44. The number of aromatic nitrogens is 2. The Balaban J connectivity index is 2.26. The van der Waals surface area contributed by atoms with E-state index in [1.807, 2.05) is 0 Å². The third kappa shape index (κ3) is 3.44. The van der Waals surface area contributed by atoms with Gasteiger partial charge in [0.2, 0.25) is 5.95 Å². The van der Waals surface area contributed by atoms with Crippen LogP contribution in [0.5, 0.6) is 0 Å². The monoisotopic (exact) mass is 318 g/mol. The lowest BCUT2D eigenvalue weighted by molar-refractivity contribution is -0.388. The van der Waals surface area contributed by atoms with Crippen LogP contribution in [0.25, 0.3) is 0 Å². The second-order valence-electron chi connectivity index (χ2n) is 3.76. The van der Waals surface area contributed by atoms with Crippen LogP contribution in [0, 0.1) is 30.9 Å². The van der Waals surface area contributed by atoms with Crippen LogP contribution in [0.2, 0.25) is 0 Å². The lowest BCUT2D eigenvalue weighted by atomic mass is 10.3. The molecular formula is C11H6N6O4S. The fraction of sp³-hybridized carbons (Fsp3) is 0. The van der Waals surface area contributed by atoms with E-state index < -0.39 is 9.85 Å². The minimum absolute atomic E-state index is 0.0391. The molecule has 11 heteroatoms. The van der Waals surface area contributed by atoms with E-state index in [1.165, 1.54) is 24.3 Å². The summed E-state index contributed by atoms with van der Waals surface area (Å²) in [5.41, 5.74) is 0.0176. The molecule has 0 fully saturated rings. The summed E-state index contributed by atoms with van der Waals surface area (Å²) in [6.45, 7) is 0. The highest BCUT2D eigenvalue weighted by Crippen LogP contribution is 2.27. The first kappa shape index (κ1) is 15.1. The lowest BCUT2D eigenvalue weighted by Crippen LogP contribution is -2.01. The first-order chi connectivity index (χ1) is 10.5. The van der Waals surface area contributed by atoms with Crippen molar-refractivity contribution in [2.75, 3.05) is 5.32 Å². The fourth-order valence-electron chi connectivity index (χ4n) is 1.46. The Morgan fingerprint density at radius 1 is 1.18 bits per heavy atom. The predicted octanol–water partition coefficient (Wildman–Crippen LogP) is 2.61. The molecule has 0 radical (unpaired) electrons. The number of thiocyanates is 1. The van der Waals surface area contributed by atoms with E-state index in [0.29, 0.717) is 17.4 Å². The Bertz CT molecular complexity index is 773. The van der Waals surface area contributed by atoms with Crippen LogP contribution in [-0.4, -0.2) is 19.8 Å². The zero-order valence-electron chi connectivity index (χ0n) is 10.7. The molecule has 0 aliphatic rings. The number of nitrogens with one attached hydrogen (secondary N) is 1. The minimum atomic E-state index is -0.685. The first-order valence-corrected chi connectivity index (χ1v) is 6.41. The van der Waals surface area contributed by atoms with Gasteiger partial charge in [0, 0.05) is 29.6 Å². The lowest BCUT2D eigenvalue weighted by Gasteiger charge is -2.05. The molecule has 10 nitrogen and oxygen atoms in total. The van der Waals surface area contributed by atoms with Crippen LogP contribution in [0.3, 0.4) is 0 Å². The number of rotatable bonds is 5. The molecule has 0 saturated carbocycles. The number of nitriles is 1. The Morgan fingerprint density at radius 2 is 1.86 bits per heavy atom. The molecule has 1 N–H and O–H groups in total. The van der Waals surface area contributed by atoms with Crippen LogP contribution in [-0.2, 0) is 0 Å². The summed E-state index contributed by atoms with van der Waals surface area (Å²) in [6, 6.07) is 5.47. The van der Waals surface area contributed by atoms with E-state index in [-0.39, 0.29) is 22.3 Å². The molecule has 22 heavy (non-hydrogen) atoms. The Labute approximate surface area is 127 Å². The Hall–Kier alpha value is -3.26. The molecule has 0 unspecified atom stereocenters. The van der Waals surface area contributed by atoms with E-state index in [2.05, 4.69) is 15.3 Å². The summed E-state index contributed by atoms with van der Waals surface area (Å²) in [5.74, 6) is 0.0391. The van der Waals surface area contributed by atoms with Gasteiger partial charge >= 0.3 is 5.69 Å². The molecule has 1 heterocycles. The summed E-state index contributed by atoms with van der Waals surface area (Å²) in [5, 5.41) is 34.3. The maximum Gasteiger partial charge on any atom is 0.320 e. The molecule has 2 rings (SSSR count). The number of nitro groups is 2. The van der Waals surface area contributed by atoms with Gasteiger partial charge < -0.3 is 5.32 Å². The largest absolute Gasteiger partial charge is 0.324 e. The van der Waals surface area contributed by atoms with Gasteiger partial charge in [0.1, 0.15) is 11.6 Å². The average Bonchev–Trinajstić information content (AvgIpc) is 2.48. The van der Waals surface area contributed by atoms with Gasteiger partial charge in [-0.25, -0.2) is 4.98 Å². The molecule has 0 atom stereocenters. The zero-order chi connectivity index (χ0) is 16.1. The van der Waals surface area contributed by atoms with Gasteiger partial charge in [0.25, 0.3) is 5.69 Å². The second kappa shape index (κ2) is 6.46. The molecule has 0 aliphatic carbocycles. The predicted molar refractivity (Wildman–Crippen MR) is 76.5 cm³/mol.